The summed E-state index contributed by atoms with van der Waals surface area (Å²) in [6.45, 7) is 5.94. The van der Waals surface area contributed by atoms with Crippen molar-refractivity contribution in [1.82, 2.24) is 10.6 Å². The smallest absolute Gasteiger partial charge is 0.408 e. The largest absolute Gasteiger partial charge is 0.444 e. The molecular weight excluding hydrogens is 332 g/mol. The molecule has 0 spiro atoms. The number of alkyl halides is 1. The van der Waals surface area contributed by atoms with E-state index in [1.165, 1.54) is 0 Å². The van der Waals surface area contributed by atoms with Crippen molar-refractivity contribution in [1.29, 1.82) is 0 Å². The van der Waals surface area contributed by atoms with E-state index in [4.69, 9.17) is 21.1 Å². The average Bonchev–Trinajstić information content (AvgIpc) is 2.51. The van der Waals surface area contributed by atoms with Gasteiger partial charge in [0.15, 0.2) is 0 Å². The summed E-state index contributed by atoms with van der Waals surface area (Å²) in [4.78, 5) is 24.0. The lowest BCUT2D eigenvalue weighted by atomic mass is 10.2. The number of alkyl carbamates (subject to hydrolysis) is 1. The highest BCUT2D eigenvalue weighted by Crippen LogP contribution is 2.07. The fourth-order valence-electron chi connectivity index (χ4n) is 1.80. The fraction of sp³-hybridized carbons (Fsp3) is 0.529. The molecule has 1 aromatic rings. The zero-order chi connectivity index (χ0) is 18.0. The van der Waals surface area contributed by atoms with Crippen molar-refractivity contribution in [3.63, 3.8) is 0 Å². The van der Waals surface area contributed by atoms with Gasteiger partial charge >= 0.3 is 6.09 Å². The van der Waals surface area contributed by atoms with Crippen LogP contribution in [0, 0.1) is 0 Å². The zero-order valence-corrected chi connectivity index (χ0v) is 15.1. The van der Waals surface area contributed by atoms with Gasteiger partial charge in [0.1, 0.15) is 11.6 Å². The van der Waals surface area contributed by atoms with E-state index in [1.54, 1.807) is 20.8 Å². The van der Waals surface area contributed by atoms with Crippen LogP contribution in [0.15, 0.2) is 30.3 Å². The predicted molar refractivity (Wildman–Crippen MR) is 93.0 cm³/mol. The first-order chi connectivity index (χ1) is 11.3. The molecule has 0 fully saturated rings. The maximum absolute atomic E-state index is 12.1. The molecule has 0 bridgehead atoms. The molecule has 1 aromatic carbocycles. The van der Waals surface area contributed by atoms with Crippen LogP contribution in [0.4, 0.5) is 4.79 Å². The lowest BCUT2D eigenvalue weighted by molar-refractivity contribution is -0.124. The molecule has 0 saturated heterocycles. The van der Waals surface area contributed by atoms with Crippen LogP contribution in [-0.2, 0) is 20.9 Å². The van der Waals surface area contributed by atoms with Crippen LogP contribution in [0.3, 0.4) is 0 Å². The first kappa shape index (κ1) is 20.3. The molecular formula is C17H25ClN2O4. The van der Waals surface area contributed by atoms with Crippen LogP contribution in [0.2, 0.25) is 0 Å². The summed E-state index contributed by atoms with van der Waals surface area (Å²) in [6.07, 6.45) is -0.670. The van der Waals surface area contributed by atoms with Crippen molar-refractivity contribution in [2.24, 2.45) is 0 Å². The molecule has 134 valence electrons. The van der Waals surface area contributed by atoms with Crippen LogP contribution in [0.5, 0.6) is 0 Å². The summed E-state index contributed by atoms with van der Waals surface area (Å²) in [5, 5.41) is 5.16. The second-order valence-corrected chi connectivity index (χ2v) is 6.56. The SMILES string of the molecule is CC(C)(C)OC(=O)N[C@H](COCc1ccccc1)C(=O)NCCCl. The topological polar surface area (TPSA) is 76.7 Å². The van der Waals surface area contributed by atoms with Crippen molar-refractivity contribution in [2.75, 3.05) is 19.0 Å². The minimum atomic E-state index is -0.855. The van der Waals surface area contributed by atoms with Crippen LogP contribution in [0.1, 0.15) is 26.3 Å². The van der Waals surface area contributed by atoms with Crippen molar-refractivity contribution >= 4 is 23.6 Å². The third kappa shape index (κ3) is 8.74. The molecule has 6 nitrogen and oxygen atoms in total. The van der Waals surface area contributed by atoms with E-state index in [2.05, 4.69) is 10.6 Å². The number of hydrogen-bond acceptors (Lipinski definition) is 4. The maximum Gasteiger partial charge on any atom is 0.408 e. The van der Waals surface area contributed by atoms with Gasteiger partial charge in [-0.05, 0) is 26.3 Å². The van der Waals surface area contributed by atoms with Gasteiger partial charge in [0.2, 0.25) is 5.91 Å². The molecule has 1 atom stereocenters. The molecule has 0 aliphatic heterocycles. The Balaban J connectivity index is 2.56. The predicted octanol–water partition coefficient (Wildman–Crippen LogP) is 2.45. The van der Waals surface area contributed by atoms with E-state index >= 15 is 0 Å². The fourth-order valence-corrected chi connectivity index (χ4v) is 1.89. The summed E-state index contributed by atoms with van der Waals surface area (Å²) in [6, 6.07) is 8.71. The molecule has 24 heavy (non-hydrogen) atoms. The Kier molecular flexibility index (Phi) is 8.57. The van der Waals surface area contributed by atoms with Crippen LogP contribution < -0.4 is 10.6 Å². The van der Waals surface area contributed by atoms with E-state index < -0.39 is 17.7 Å². The quantitative estimate of drug-likeness (QED) is 0.701. The number of ether oxygens (including phenoxy) is 2. The first-order valence-electron chi connectivity index (χ1n) is 7.76. The number of carbonyl (C=O) groups is 2. The standard InChI is InChI=1S/C17H25ClN2O4/c1-17(2,3)24-16(22)20-14(15(21)19-10-9-18)12-23-11-13-7-5-4-6-8-13/h4-8,14H,9-12H2,1-3H3,(H,19,21)(H,20,22)/t14-/m1/s1. The van der Waals surface area contributed by atoms with Gasteiger partial charge in [0.05, 0.1) is 13.2 Å². The van der Waals surface area contributed by atoms with Gasteiger partial charge in [-0.2, -0.15) is 0 Å². The molecule has 2 N–H and O–H groups in total. The molecule has 0 aromatic heterocycles. The highest BCUT2D eigenvalue weighted by Gasteiger charge is 2.24. The van der Waals surface area contributed by atoms with Crippen molar-refractivity contribution < 1.29 is 19.1 Å². The van der Waals surface area contributed by atoms with Gasteiger partial charge in [0.25, 0.3) is 0 Å². The molecule has 1 rings (SSSR count). The Morgan fingerprint density at radius 3 is 2.46 bits per heavy atom. The van der Waals surface area contributed by atoms with Gasteiger partial charge in [-0.15, -0.1) is 11.6 Å². The van der Waals surface area contributed by atoms with E-state index in [0.717, 1.165) is 5.56 Å². The van der Waals surface area contributed by atoms with Crippen molar-refractivity contribution in [3.05, 3.63) is 35.9 Å². The number of rotatable bonds is 8. The van der Waals surface area contributed by atoms with Gasteiger partial charge in [-0.1, -0.05) is 30.3 Å². The van der Waals surface area contributed by atoms with Crippen molar-refractivity contribution in [2.45, 2.75) is 39.0 Å². The van der Waals surface area contributed by atoms with Gasteiger partial charge in [-0.25, -0.2) is 4.79 Å². The Hall–Kier alpha value is -1.79. The molecule has 0 aliphatic carbocycles. The number of amides is 2. The maximum atomic E-state index is 12.1. The Morgan fingerprint density at radius 1 is 1.21 bits per heavy atom. The Bertz CT molecular complexity index is 517. The van der Waals surface area contributed by atoms with Crippen LogP contribution in [-0.4, -0.2) is 42.7 Å². The molecule has 0 unspecified atom stereocenters. The third-order valence-electron chi connectivity index (χ3n) is 2.80. The number of nitrogens with one attached hydrogen (secondary N) is 2. The molecule has 0 radical (unpaired) electrons. The summed E-state index contributed by atoms with van der Waals surface area (Å²) in [5.74, 6) is -0.0787. The lowest BCUT2D eigenvalue weighted by Gasteiger charge is -2.23. The van der Waals surface area contributed by atoms with E-state index in [0.29, 0.717) is 13.2 Å². The first-order valence-corrected chi connectivity index (χ1v) is 8.30. The summed E-state index contributed by atoms with van der Waals surface area (Å²) < 4.78 is 10.7. The second kappa shape index (κ2) is 10.2. The third-order valence-corrected chi connectivity index (χ3v) is 2.99. The minimum absolute atomic E-state index is 0.0300. The minimum Gasteiger partial charge on any atom is -0.444 e. The van der Waals surface area contributed by atoms with Gasteiger partial charge in [-0.3, -0.25) is 4.79 Å². The summed E-state index contributed by atoms with van der Waals surface area (Å²) >= 11 is 5.57. The van der Waals surface area contributed by atoms with Gasteiger partial charge < -0.3 is 20.1 Å². The Labute approximate surface area is 147 Å². The molecule has 0 aliphatic rings. The number of carbonyl (C=O) groups excluding carboxylic acids is 2. The average molecular weight is 357 g/mol. The number of benzene rings is 1. The highest BCUT2D eigenvalue weighted by atomic mass is 35.5. The van der Waals surface area contributed by atoms with Crippen molar-refractivity contribution in [3.8, 4) is 0 Å². The molecule has 7 heteroatoms. The normalized spacial score (nSPS) is 12.3. The second-order valence-electron chi connectivity index (χ2n) is 6.18. The Morgan fingerprint density at radius 2 is 1.88 bits per heavy atom. The monoisotopic (exact) mass is 356 g/mol. The van der Waals surface area contributed by atoms with E-state index in [1.807, 2.05) is 30.3 Å². The highest BCUT2D eigenvalue weighted by molar-refractivity contribution is 6.18. The zero-order valence-electron chi connectivity index (χ0n) is 14.3. The lowest BCUT2D eigenvalue weighted by Crippen LogP contribution is -2.50. The summed E-state index contributed by atoms with van der Waals surface area (Å²) in [5.41, 5.74) is 0.335. The van der Waals surface area contributed by atoms with Crippen LogP contribution in [0.25, 0.3) is 0 Å². The number of hydrogen-bond donors (Lipinski definition) is 2. The van der Waals surface area contributed by atoms with Crippen LogP contribution >= 0.6 is 11.6 Å². The summed E-state index contributed by atoms with van der Waals surface area (Å²) in [7, 11) is 0. The molecule has 0 saturated carbocycles. The number of halogens is 1. The molecule has 0 heterocycles. The van der Waals surface area contributed by atoms with E-state index in [-0.39, 0.29) is 18.4 Å². The molecule has 2 amide bonds. The van der Waals surface area contributed by atoms with E-state index in [9.17, 15) is 9.59 Å². The van der Waals surface area contributed by atoms with Gasteiger partial charge in [0, 0.05) is 12.4 Å².